The first-order valence-corrected chi connectivity index (χ1v) is 10.4. The Labute approximate surface area is 160 Å². The molecule has 1 aliphatic heterocycles. The molecule has 3 aromatic rings. The van der Waals surface area contributed by atoms with Gasteiger partial charge in [-0.15, -0.1) is 0 Å². The minimum absolute atomic E-state index is 0.514. The quantitative estimate of drug-likeness (QED) is 0.650. The summed E-state index contributed by atoms with van der Waals surface area (Å²) in [6.45, 7) is 2.45. The number of hydrogen-bond donors (Lipinski definition) is 1. The van der Waals surface area contributed by atoms with Crippen LogP contribution in [0.5, 0.6) is 0 Å². The van der Waals surface area contributed by atoms with Gasteiger partial charge in [0.2, 0.25) is 0 Å². The lowest BCUT2D eigenvalue weighted by molar-refractivity contribution is -0.0597. The molecule has 1 N–H and O–H groups in total. The fourth-order valence-corrected chi connectivity index (χ4v) is 6.16. The van der Waals surface area contributed by atoms with Gasteiger partial charge in [0.05, 0.1) is 0 Å². The van der Waals surface area contributed by atoms with Crippen LogP contribution >= 0.6 is 0 Å². The number of benzene rings is 2. The molecule has 0 bridgehead atoms. The molecule has 2 aromatic carbocycles. The molecule has 4 unspecified atom stereocenters. The second kappa shape index (κ2) is 5.84. The van der Waals surface area contributed by atoms with Crippen LogP contribution in [0.4, 0.5) is 0 Å². The van der Waals surface area contributed by atoms with E-state index in [1.807, 2.05) is 0 Å². The molecule has 27 heavy (non-hydrogen) atoms. The van der Waals surface area contributed by atoms with E-state index < -0.39 is 0 Å². The monoisotopic (exact) mass is 354 g/mol. The van der Waals surface area contributed by atoms with Crippen LogP contribution in [0, 0.1) is 17.3 Å². The molecular formula is C25H26N2. The molecule has 4 atom stereocenters. The van der Waals surface area contributed by atoms with E-state index in [9.17, 15) is 0 Å². The fourth-order valence-electron chi connectivity index (χ4n) is 6.16. The second-order valence-electron chi connectivity index (χ2n) is 8.79. The molecule has 1 spiro atoms. The summed E-state index contributed by atoms with van der Waals surface area (Å²) in [4.78, 5) is 6.21. The summed E-state index contributed by atoms with van der Waals surface area (Å²) in [5.74, 6) is 1.63. The van der Waals surface area contributed by atoms with Gasteiger partial charge in [-0.25, -0.2) is 0 Å². The van der Waals surface area contributed by atoms with E-state index in [1.54, 1.807) is 0 Å². The van der Waals surface area contributed by atoms with Gasteiger partial charge in [0.15, 0.2) is 0 Å². The Balaban J connectivity index is 1.19. The number of hydrogen-bond acceptors (Lipinski definition) is 1. The van der Waals surface area contributed by atoms with Crippen molar-refractivity contribution in [1.82, 2.24) is 9.88 Å². The summed E-state index contributed by atoms with van der Waals surface area (Å²) in [7, 11) is 0. The van der Waals surface area contributed by atoms with Gasteiger partial charge in [0, 0.05) is 41.6 Å². The maximum atomic E-state index is 3.43. The predicted octanol–water partition coefficient (Wildman–Crippen LogP) is 4.83. The van der Waals surface area contributed by atoms with Crippen LogP contribution in [0.3, 0.4) is 0 Å². The molecule has 1 aromatic heterocycles. The lowest BCUT2D eigenvalue weighted by Gasteiger charge is -2.59. The molecule has 2 heteroatoms. The van der Waals surface area contributed by atoms with Crippen molar-refractivity contribution in [2.75, 3.05) is 13.1 Å². The number of fused-ring (bicyclic) bond motifs is 1. The summed E-state index contributed by atoms with van der Waals surface area (Å²) in [6, 6.07) is 20.5. The fraction of sp³-hybridized carbons (Fsp3) is 0.360. The number of nitrogens with one attached hydrogen (secondary N) is 1. The first-order chi connectivity index (χ1) is 13.3. The zero-order valence-corrected chi connectivity index (χ0v) is 15.6. The van der Waals surface area contributed by atoms with E-state index in [1.165, 1.54) is 48.0 Å². The Morgan fingerprint density at radius 2 is 1.89 bits per heavy atom. The Bertz CT molecular complexity index is 1000. The van der Waals surface area contributed by atoms with Crippen LogP contribution < -0.4 is 0 Å². The number of nitrogens with zero attached hydrogens (tertiary/aromatic N) is 1. The average molecular weight is 354 g/mol. The lowest BCUT2D eigenvalue weighted by Crippen LogP contribution is -2.67. The number of aromatic amines is 1. The maximum Gasteiger partial charge on any atom is 0.0456 e. The van der Waals surface area contributed by atoms with Gasteiger partial charge in [-0.3, -0.25) is 4.90 Å². The van der Waals surface area contributed by atoms with Gasteiger partial charge < -0.3 is 4.98 Å². The molecule has 6 rings (SSSR count). The highest BCUT2D eigenvalue weighted by molar-refractivity contribution is 5.83. The van der Waals surface area contributed by atoms with Gasteiger partial charge in [-0.05, 0) is 48.3 Å². The maximum absolute atomic E-state index is 3.43. The number of H-pyrrole nitrogens is 1. The highest BCUT2D eigenvalue weighted by Crippen LogP contribution is 2.62. The molecule has 2 fully saturated rings. The van der Waals surface area contributed by atoms with E-state index in [4.69, 9.17) is 0 Å². The van der Waals surface area contributed by atoms with Crippen LogP contribution in [0.1, 0.15) is 17.5 Å². The molecule has 2 aliphatic carbocycles. The average Bonchev–Trinajstić information content (AvgIpc) is 3.14. The minimum atomic E-state index is 0.514. The largest absolute Gasteiger partial charge is 0.361 e. The van der Waals surface area contributed by atoms with Crippen molar-refractivity contribution in [2.45, 2.75) is 25.3 Å². The normalized spacial score (nSPS) is 31.3. The molecular weight excluding hydrogens is 328 g/mol. The summed E-state index contributed by atoms with van der Waals surface area (Å²) in [5.41, 5.74) is 4.74. The molecule has 1 saturated heterocycles. The molecule has 3 aliphatic rings. The number of rotatable bonds is 5. The van der Waals surface area contributed by atoms with Crippen molar-refractivity contribution in [3.8, 4) is 0 Å². The van der Waals surface area contributed by atoms with Gasteiger partial charge >= 0.3 is 0 Å². The van der Waals surface area contributed by atoms with E-state index in [0.717, 1.165) is 24.3 Å². The summed E-state index contributed by atoms with van der Waals surface area (Å²) < 4.78 is 0. The highest BCUT2D eigenvalue weighted by atomic mass is 15.3. The predicted molar refractivity (Wildman–Crippen MR) is 111 cm³/mol. The molecule has 136 valence electrons. The third kappa shape index (κ3) is 2.29. The third-order valence-electron chi connectivity index (χ3n) is 7.44. The Morgan fingerprint density at radius 1 is 1.04 bits per heavy atom. The number of likely N-dealkylation sites (tertiary alicyclic amines) is 1. The van der Waals surface area contributed by atoms with Crippen LogP contribution in [0.15, 0.2) is 72.9 Å². The first-order valence-electron chi connectivity index (χ1n) is 10.4. The van der Waals surface area contributed by atoms with Crippen molar-refractivity contribution in [2.24, 2.45) is 17.3 Å². The SMILES string of the molecule is C1=CC23CN(CCc4c[nH]c5ccccc45)C2C(Cc2ccccc2)CC13. The standard InChI is InChI=1S/C25H26N2/c1-2-6-18(7-3-1)14-20-15-21-10-12-25(21)17-27(24(20)25)13-11-19-16-26-23-9-5-4-8-22(19)23/h1-10,12,16,20-21,24,26H,11,13-15,17H2. The van der Waals surface area contributed by atoms with E-state index >= 15 is 0 Å². The number of allylic oxidation sites excluding steroid dienone is 1. The summed E-state index contributed by atoms with van der Waals surface area (Å²) in [5, 5.41) is 1.39. The Hall–Kier alpha value is -2.32. The van der Waals surface area contributed by atoms with Crippen molar-refractivity contribution < 1.29 is 0 Å². The number of para-hydroxylation sites is 1. The molecule has 2 nitrogen and oxygen atoms in total. The van der Waals surface area contributed by atoms with Gasteiger partial charge in [-0.1, -0.05) is 60.7 Å². The zero-order chi connectivity index (χ0) is 17.8. The van der Waals surface area contributed by atoms with Crippen molar-refractivity contribution >= 4 is 10.9 Å². The second-order valence-corrected chi connectivity index (χ2v) is 8.79. The van der Waals surface area contributed by atoms with Gasteiger partial charge in [-0.2, -0.15) is 0 Å². The van der Waals surface area contributed by atoms with Crippen LogP contribution in [0.2, 0.25) is 0 Å². The van der Waals surface area contributed by atoms with Crippen LogP contribution in [-0.2, 0) is 12.8 Å². The Kier molecular flexibility index (Phi) is 3.40. The number of aromatic nitrogens is 1. The molecule has 1 saturated carbocycles. The zero-order valence-electron chi connectivity index (χ0n) is 15.6. The van der Waals surface area contributed by atoms with Gasteiger partial charge in [0.25, 0.3) is 0 Å². The van der Waals surface area contributed by atoms with E-state index in [0.29, 0.717) is 5.41 Å². The van der Waals surface area contributed by atoms with Gasteiger partial charge in [0.1, 0.15) is 0 Å². The van der Waals surface area contributed by atoms with Crippen molar-refractivity contribution in [1.29, 1.82) is 0 Å². The lowest BCUT2D eigenvalue weighted by atomic mass is 9.61. The van der Waals surface area contributed by atoms with Crippen LogP contribution in [0.25, 0.3) is 10.9 Å². The summed E-state index contributed by atoms with van der Waals surface area (Å²) in [6.07, 6.45) is 11.0. The molecule has 0 radical (unpaired) electrons. The first kappa shape index (κ1) is 15.7. The van der Waals surface area contributed by atoms with Crippen LogP contribution in [-0.4, -0.2) is 29.0 Å². The molecule has 2 heterocycles. The Morgan fingerprint density at radius 3 is 2.74 bits per heavy atom. The minimum Gasteiger partial charge on any atom is -0.361 e. The summed E-state index contributed by atoms with van der Waals surface area (Å²) >= 11 is 0. The smallest absolute Gasteiger partial charge is 0.0456 e. The van der Waals surface area contributed by atoms with Crippen molar-refractivity contribution in [3.63, 3.8) is 0 Å². The van der Waals surface area contributed by atoms with E-state index in [2.05, 4.69) is 82.8 Å². The van der Waals surface area contributed by atoms with Crippen molar-refractivity contribution in [3.05, 3.63) is 84.1 Å². The van der Waals surface area contributed by atoms with E-state index in [-0.39, 0.29) is 0 Å². The highest BCUT2D eigenvalue weighted by Gasteiger charge is 2.64. The topological polar surface area (TPSA) is 19.0 Å². The third-order valence-corrected chi connectivity index (χ3v) is 7.44. The molecule has 0 amide bonds.